The maximum atomic E-state index is 14.0. The first-order valence-corrected chi connectivity index (χ1v) is 8.87. The molecule has 3 aromatic rings. The second-order valence-electron chi connectivity index (χ2n) is 6.64. The highest BCUT2D eigenvalue weighted by Crippen LogP contribution is 2.28. The number of aromatic nitrogens is 3. The number of nitrogens with zero attached hydrogens (tertiary/aromatic N) is 4. The molecular formula is C20H18FN5O2. The van der Waals surface area contributed by atoms with Crippen LogP contribution in [0.2, 0.25) is 0 Å². The van der Waals surface area contributed by atoms with Crippen molar-refractivity contribution < 1.29 is 14.0 Å². The fourth-order valence-electron chi connectivity index (χ4n) is 3.23. The summed E-state index contributed by atoms with van der Waals surface area (Å²) >= 11 is 0. The lowest BCUT2D eigenvalue weighted by atomic mass is 10.1. The predicted octanol–water partition coefficient (Wildman–Crippen LogP) is 2.46. The summed E-state index contributed by atoms with van der Waals surface area (Å²) in [6.07, 6.45) is 3.17. The van der Waals surface area contributed by atoms with Crippen LogP contribution in [0, 0.1) is 11.7 Å². The van der Waals surface area contributed by atoms with Gasteiger partial charge in [0.15, 0.2) is 0 Å². The van der Waals surface area contributed by atoms with E-state index in [0.29, 0.717) is 12.2 Å². The van der Waals surface area contributed by atoms with Crippen molar-refractivity contribution in [2.75, 3.05) is 16.8 Å². The van der Waals surface area contributed by atoms with Gasteiger partial charge < -0.3 is 10.2 Å². The zero-order valence-corrected chi connectivity index (χ0v) is 15.0. The Labute approximate surface area is 160 Å². The molecule has 0 unspecified atom stereocenters. The van der Waals surface area contributed by atoms with E-state index >= 15 is 0 Å². The summed E-state index contributed by atoms with van der Waals surface area (Å²) in [5.41, 5.74) is 1.87. The average molecular weight is 379 g/mol. The Kier molecular flexibility index (Phi) is 4.84. The number of hydrogen-bond donors (Lipinski definition) is 1. The van der Waals surface area contributed by atoms with Crippen LogP contribution in [0.5, 0.6) is 0 Å². The van der Waals surface area contributed by atoms with Gasteiger partial charge >= 0.3 is 0 Å². The number of carbonyl (C=O) groups excluding carboxylic acids is 2. The molecule has 7 nitrogen and oxygen atoms in total. The number of carbonyl (C=O) groups is 2. The van der Waals surface area contributed by atoms with E-state index in [2.05, 4.69) is 15.4 Å². The monoisotopic (exact) mass is 379 g/mol. The maximum Gasteiger partial charge on any atom is 0.229 e. The van der Waals surface area contributed by atoms with E-state index in [1.165, 1.54) is 17.3 Å². The Hall–Kier alpha value is -3.55. The lowest BCUT2D eigenvalue weighted by Gasteiger charge is -2.17. The second-order valence-corrected chi connectivity index (χ2v) is 6.64. The summed E-state index contributed by atoms with van der Waals surface area (Å²) < 4.78 is 15.7. The predicted molar refractivity (Wildman–Crippen MR) is 101 cm³/mol. The molecule has 1 fully saturated rings. The molecule has 1 atom stereocenters. The van der Waals surface area contributed by atoms with Crippen LogP contribution in [0.25, 0.3) is 0 Å². The van der Waals surface area contributed by atoms with Crippen molar-refractivity contribution >= 4 is 23.2 Å². The van der Waals surface area contributed by atoms with Crippen LogP contribution >= 0.6 is 0 Å². The van der Waals surface area contributed by atoms with E-state index in [1.54, 1.807) is 41.3 Å². The molecule has 1 N–H and O–H groups in total. The fourth-order valence-corrected chi connectivity index (χ4v) is 3.23. The third kappa shape index (κ3) is 3.75. The average Bonchev–Trinajstić information content (AvgIpc) is 3.33. The van der Waals surface area contributed by atoms with Crippen LogP contribution in [0.15, 0.2) is 61.2 Å². The number of anilines is 2. The number of rotatable bonds is 5. The molecule has 2 heterocycles. The highest BCUT2D eigenvalue weighted by atomic mass is 19.1. The minimum atomic E-state index is -0.526. The first-order valence-electron chi connectivity index (χ1n) is 8.87. The maximum absolute atomic E-state index is 14.0. The summed E-state index contributed by atoms with van der Waals surface area (Å²) in [6, 6.07) is 13.5. The highest BCUT2D eigenvalue weighted by Gasteiger charge is 2.36. The number of halogens is 1. The Morgan fingerprint density at radius 3 is 2.68 bits per heavy atom. The molecule has 0 aliphatic carbocycles. The Balaban J connectivity index is 1.39. The molecule has 2 amide bonds. The van der Waals surface area contributed by atoms with E-state index in [4.69, 9.17) is 0 Å². The first kappa shape index (κ1) is 17.8. The van der Waals surface area contributed by atoms with Crippen LogP contribution < -0.4 is 10.2 Å². The van der Waals surface area contributed by atoms with E-state index in [1.807, 2.05) is 12.1 Å². The van der Waals surface area contributed by atoms with Gasteiger partial charge in [-0.05, 0) is 29.8 Å². The summed E-state index contributed by atoms with van der Waals surface area (Å²) in [5.74, 6) is -1.51. The molecule has 0 saturated carbocycles. The quantitative estimate of drug-likeness (QED) is 0.739. The van der Waals surface area contributed by atoms with Gasteiger partial charge in [-0.25, -0.2) is 14.1 Å². The number of amides is 2. The fraction of sp³-hybridized carbons (Fsp3) is 0.200. The molecular weight excluding hydrogens is 361 g/mol. The third-order valence-corrected chi connectivity index (χ3v) is 4.67. The van der Waals surface area contributed by atoms with Crippen molar-refractivity contribution in [2.45, 2.75) is 13.0 Å². The van der Waals surface area contributed by atoms with Gasteiger partial charge in [-0.2, -0.15) is 5.10 Å². The van der Waals surface area contributed by atoms with Crippen LogP contribution in [-0.4, -0.2) is 33.1 Å². The Morgan fingerprint density at radius 1 is 1.18 bits per heavy atom. The molecule has 142 valence electrons. The molecule has 1 aliphatic heterocycles. The Bertz CT molecular complexity index is 988. The molecule has 4 rings (SSSR count). The molecule has 0 bridgehead atoms. The minimum absolute atomic E-state index is 0.0601. The molecule has 1 aliphatic rings. The van der Waals surface area contributed by atoms with E-state index in [9.17, 15) is 14.0 Å². The van der Waals surface area contributed by atoms with Gasteiger partial charge in [-0.15, -0.1) is 0 Å². The molecule has 8 heteroatoms. The van der Waals surface area contributed by atoms with Crippen LogP contribution in [0.3, 0.4) is 0 Å². The van der Waals surface area contributed by atoms with Crippen molar-refractivity contribution in [3.8, 4) is 0 Å². The van der Waals surface area contributed by atoms with Crippen molar-refractivity contribution in [2.24, 2.45) is 5.92 Å². The van der Waals surface area contributed by atoms with Gasteiger partial charge in [0.1, 0.15) is 18.5 Å². The largest absolute Gasteiger partial charge is 0.326 e. The second kappa shape index (κ2) is 7.59. The summed E-state index contributed by atoms with van der Waals surface area (Å²) in [6.45, 7) is 0.749. The summed E-state index contributed by atoms with van der Waals surface area (Å²) in [4.78, 5) is 30.0. The first-order chi connectivity index (χ1) is 13.6. The van der Waals surface area contributed by atoms with Gasteiger partial charge in [0.05, 0.1) is 18.2 Å². The number of nitrogens with one attached hydrogen (secondary N) is 1. The third-order valence-electron chi connectivity index (χ3n) is 4.67. The normalized spacial score (nSPS) is 16.4. The minimum Gasteiger partial charge on any atom is -0.326 e. The molecule has 1 saturated heterocycles. The van der Waals surface area contributed by atoms with Gasteiger partial charge in [-0.3, -0.25) is 9.59 Å². The summed E-state index contributed by atoms with van der Waals surface area (Å²) in [7, 11) is 0. The number of hydrogen-bond acceptors (Lipinski definition) is 4. The van der Waals surface area contributed by atoms with Crippen molar-refractivity contribution in [3.05, 3.63) is 72.6 Å². The van der Waals surface area contributed by atoms with Gasteiger partial charge in [0, 0.05) is 18.7 Å². The van der Waals surface area contributed by atoms with E-state index < -0.39 is 11.7 Å². The van der Waals surface area contributed by atoms with Gasteiger partial charge in [0.25, 0.3) is 0 Å². The SMILES string of the molecule is O=C(Nc1ccc(Cn2cncn2)cc1)[C@H]1CC(=O)N(c2ccccc2F)C1. The van der Waals surface area contributed by atoms with Crippen LogP contribution in [-0.2, 0) is 16.1 Å². The van der Waals surface area contributed by atoms with Gasteiger partial charge in [0.2, 0.25) is 11.8 Å². The zero-order valence-electron chi connectivity index (χ0n) is 15.0. The smallest absolute Gasteiger partial charge is 0.229 e. The summed E-state index contributed by atoms with van der Waals surface area (Å²) in [5, 5.41) is 6.88. The zero-order chi connectivity index (χ0) is 19.5. The molecule has 2 aromatic carbocycles. The molecule has 1 aromatic heterocycles. The molecule has 0 radical (unpaired) electrons. The standard InChI is InChI=1S/C20H18FN5O2/c21-17-3-1-2-4-18(17)26-11-15(9-19(26)27)20(28)24-16-7-5-14(6-8-16)10-25-13-22-12-23-25/h1-8,12-13,15H,9-11H2,(H,24,28)/t15-/m0/s1. The number of benzene rings is 2. The van der Waals surface area contributed by atoms with Crippen molar-refractivity contribution in [1.29, 1.82) is 0 Å². The Morgan fingerprint density at radius 2 is 1.96 bits per heavy atom. The highest BCUT2D eigenvalue weighted by molar-refractivity contribution is 6.03. The topological polar surface area (TPSA) is 80.1 Å². The van der Waals surface area contributed by atoms with Crippen molar-refractivity contribution in [1.82, 2.24) is 14.8 Å². The van der Waals surface area contributed by atoms with E-state index in [0.717, 1.165) is 5.56 Å². The van der Waals surface area contributed by atoms with E-state index in [-0.39, 0.29) is 30.5 Å². The number of para-hydroxylation sites is 1. The van der Waals surface area contributed by atoms with Crippen LogP contribution in [0.4, 0.5) is 15.8 Å². The molecule has 0 spiro atoms. The van der Waals surface area contributed by atoms with Crippen LogP contribution in [0.1, 0.15) is 12.0 Å². The molecule has 28 heavy (non-hydrogen) atoms. The van der Waals surface area contributed by atoms with Crippen molar-refractivity contribution in [3.63, 3.8) is 0 Å². The lowest BCUT2D eigenvalue weighted by molar-refractivity contribution is -0.122. The van der Waals surface area contributed by atoms with Gasteiger partial charge in [-0.1, -0.05) is 24.3 Å². The lowest BCUT2D eigenvalue weighted by Crippen LogP contribution is -2.28.